The average molecular weight is 395 g/mol. The van der Waals surface area contributed by atoms with Crippen molar-refractivity contribution in [2.75, 3.05) is 25.1 Å². The second-order valence-corrected chi connectivity index (χ2v) is 6.47. The van der Waals surface area contributed by atoms with Crippen LogP contribution in [0.25, 0.3) is 0 Å². The Bertz CT molecular complexity index is 844. The molecule has 0 radical (unpaired) electrons. The molecule has 0 aromatic heterocycles. The first kappa shape index (κ1) is 18.4. The van der Waals surface area contributed by atoms with E-state index in [0.717, 1.165) is 0 Å². The molecule has 1 N–H and O–H groups in total. The Hall–Kier alpha value is -2.44. The first-order chi connectivity index (χ1) is 12.5. The van der Waals surface area contributed by atoms with Crippen molar-refractivity contribution in [3.63, 3.8) is 0 Å². The summed E-state index contributed by atoms with van der Waals surface area (Å²) < 4.78 is 10.5. The van der Waals surface area contributed by atoms with E-state index in [2.05, 4.69) is 5.32 Å². The van der Waals surface area contributed by atoms with E-state index in [-0.39, 0.29) is 12.5 Å². The number of benzene rings is 2. The Morgan fingerprint density at radius 2 is 2.08 bits per heavy atom. The topological polar surface area (TPSA) is 67.9 Å². The van der Waals surface area contributed by atoms with Crippen LogP contribution in [0.5, 0.6) is 5.75 Å². The van der Waals surface area contributed by atoms with Crippen LogP contribution < -0.4 is 15.0 Å². The quantitative estimate of drug-likeness (QED) is 0.837. The van der Waals surface area contributed by atoms with E-state index in [9.17, 15) is 9.59 Å². The number of halogens is 2. The van der Waals surface area contributed by atoms with Crippen molar-refractivity contribution < 1.29 is 19.1 Å². The fourth-order valence-corrected chi connectivity index (χ4v) is 2.86. The number of cyclic esters (lactones) is 1. The molecule has 0 spiro atoms. The van der Waals surface area contributed by atoms with Crippen molar-refractivity contribution in [3.8, 4) is 5.75 Å². The van der Waals surface area contributed by atoms with Crippen LogP contribution in [0.15, 0.2) is 42.5 Å². The minimum absolute atomic E-state index is 0.186. The summed E-state index contributed by atoms with van der Waals surface area (Å²) in [6, 6.07) is 11.7. The third kappa shape index (κ3) is 4.03. The second kappa shape index (κ2) is 7.85. The van der Waals surface area contributed by atoms with Crippen LogP contribution in [0, 0.1) is 0 Å². The molecule has 8 heteroatoms. The molecule has 6 nitrogen and oxygen atoms in total. The standard InChI is InChI=1S/C18H16Cl2N2O4/c1-25-13-4-2-3-12(8-13)22-10-14(26-18(22)24)9-21-17(23)11-5-6-15(19)16(20)7-11/h2-8,14H,9-10H2,1H3,(H,21,23). The van der Waals surface area contributed by atoms with Gasteiger partial charge in [-0.05, 0) is 30.3 Å². The van der Waals surface area contributed by atoms with Crippen molar-refractivity contribution in [2.45, 2.75) is 6.10 Å². The number of anilines is 1. The summed E-state index contributed by atoms with van der Waals surface area (Å²) in [5, 5.41) is 3.41. The summed E-state index contributed by atoms with van der Waals surface area (Å²) in [5.74, 6) is 0.325. The van der Waals surface area contributed by atoms with Gasteiger partial charge in [0.1, 0.15) is 11.9 Å². The number of amides is 2. The number of hydrogen-bond donors (Lipinski definition) is 1. The summed E-state index contributed by atoms with van der Waals surface area (Å²) in [4.78, 5) is 25.8. The van der Waals surface area contributed by atoms with Crippen molar-refractivity contribution in [2.24, 2.45) is 0 Å². The number of carbonyl (C=O) groups is 2. The van der Waals surface area contributed by atoms with Crippen molar-refractivity contribution in [3.05, 3.63) is 58.1 Å². The Morgan fingerprint density at radius 3 is 2.81 bits per heavy atom. The van der Waals surface area contributed by atoms with Gasteiger partial charge in [0.25, 0.3) is 5.91 Å². The maximum absolute atomic E-state index is 12.2. The lowest BCUT2D eigenvalue weighted by atomic mass is 10.2. The third-order valence-corrected chi connectivity index (χ3v) is 4.65. The normalized spacial score (nSPS) is 16.3. The molecule has 26 heavy (non-hydrogen) atoms. The molecule has 1 heterocycles. The van der Waals surface area contributed by atoms with Crippen LogP contribution in [0.4, 0.5) is 10.5 Å². The number of nitrogens with one attached hydrogen (secondary N) is 1. The van der Waals surface area contributed by atoms with Crippen LogP contribution in [-0.4, -0.2) is 38.3 Å². The Labute approximate surface area is 160 Å². The van der Waals surface area contributed by atoms with Crippen LogP contribution in [-0.2, 0) is 4.74 Å². The lowest BCUT2D eigenvalue weighted by Crippen LogP contribution is -2.34. The average Bonchev–Trinajstić information content (AvgIpc) is 3.02. The summed E-state index contributed by atoms with van der Waals surface area (Å²) in [7, 11) is 1.56. The van der Waals surface area contributed by atoms with Gasteiger partial charge in [-0.1, -0.05) is 29.3 Å². The van der Waals surface area contributed by atoms with Gasteiger partial charge in [-0.3, -0.25) is 9.69 Å². The lowest BCUT2D eigenvalue weighted by Gasteiger charge is -2.14. The summed E-state index contributed by atoms with van der Waals surface area (Å²) >= 11 is 11.8. The Balaban J connectivity index is 1.60. The van der Waals surface area contributed by atoms with Gasteiger partial charge >= 0.3 is 6.09 Å². The number of rotatable bonds is 5. The fourth-order valence-electron chi connectivity index (χ4n) is 2.56. The van der Waals surface area contributed by atoms with Crippen LogP contribution >= 0.6 is 23.2 Å². The fraction of sp³-hybridized carbons (Fsp3) is 0.222. The lowest BCUT2D eigenvalue weighted by molar-refractivity contribution is 0.0916. The molecule has 1 saturated heterocycles. The zero-order valence-corrected chi connectivity index (χ0v) is 15.4. The number of hydrogen-bond acceptors (Lipinski definition) is 4. The van der Waals surface area contributed by atoms with Crippen molar-refractivity contribution in [1.82, 2.24) is 5.32 Å². The van der Waals surface area contributed by atoms with Gasteiger partial charge in [-0.25, -0.2) is 4.79 Å². The molecule has 2 amide bonds. The van der Waals surface area contributed by atoms with E-state index in [1.165, 1.54) is 11.0 Å². The second-order valence-electron chi connectivity index (χ2n) is 5.66. The van der Waals surface area contributed by atoms with E-state index < -0.39 is 12.2 Å². The zero-order chi connectivity index (χ0) is 18.7. The van der Waals surface area contributed by atoms with Gasteiger partial charge in [0, 0.05) is 11.6 Å². The maximum Gasteiger partial charge on any atom is 0.414 e. The molecule has 0 bridgehead atoms. The van der Waals surface area contributed by atoms with Gasteiger partial charge < -0.3 is 14.8 Å². The summed E-state index contributed by atoms with van der Waals surface area (Å²) in [6.07, 6.45) is -0.924. The first-order valence-corrected chi connectivity index (χ1v) is 8.59. The zero-order valence-electron chi connectivity index (χ0n) is 13.9. The molecule has 1 unspecified atom stereocenters. The predicted molar refractivity (Wildman–Crippen MR) is 99.4 cm³/mol. The molecule has 3 rings (SSSR count). The SMILES string of the molecule is COc1cccc(N2CC(CNC(=O)c3ccc(Cl)c(Cl)c3)OC2=O)c1. The van der Waals surface area contributed by atoms with Gasteiger partial charge in [-0.2, -0.15) is 0 Å². The summed E-state index contributed by atoms with van der Waals surface area (Å²) in [6.45, 7) is 0.513. The van der Waals surface area contributed by atoms with Crippen LogP contribution in [0.2, 0.25) is 10.0 Å². The monoisotopic (exact) mass is 394 g/mol. The van der Waals surface area contributed by atoms with Crippen molar-refractivity contribution in [1.29, 1.82) is 0 Å². The van der Waals surface area contributed by atoms with E-state index in [4.69, 9.17) is 32.7 Å². The molecule has 1 aliphatic heterocycles. The first-order valence-electron chi connectivity index (χ1n) is 7.83. The molecule has 2 aromatic rings. The van der Waals surface area contributed by atoms with E-state index >= 15 is 0 Å². The van der Waals surface area contributed by atoms with E-state index in [0.29, 0.717) is 33.6 Å². The Kier molecular flexibility index (Phi) is 5.54. The highest BCUT2D eigenvalue weighted by Crippen LogP contribution is 2.25. The number of nitrogens with zero attached hydrogens (tertiary/aromatic N) is 1. The van der Waals surface area contributed by atoms with Gasteiger partial charge in [0.05, 0.1) is 35.9 Å². The number of ether oxygens (including phenoxy) is 2. The molecular weight excluding hydrogens is 379 g/mol. The van der Waals surface area contributed by atoms with Gasteiger partial charge in [0.15, 0.2) is 0 Å². The molecule has 2 aromatic carbocycles. The highest BCUT2D eigenvalue weighted by molar-refractivity contribution is 6.42. The molecule has 0 saturated carbocycles. The molecule has 1 atom stereocenters. The molecule has 1 fully saturated rings. The largest absolute Gasteiger partial charge is 0.497 e. The molecular formula is C18H16Cl2N2O4. The maximum atomic E-state index is 12.2. The van der Waals surface area contributed by atoms with Gasteiger partial charge in [0.2, 0.25) is 0 Å². The number of carbonyl (C=O) groups excluding carboxylic acids is 2. The minimum Gasteiger partial charge on any atom is -0.497 e. The Morgan fingerprint density at radius 1 is 1.27 bits per heavy atom. The molecule has 0 aliphatic carbocycles. The summed E-state index contributed by atoms with van der Waals surface area (Å²) in [5.41, 5.74) is 1.06. The molecule has 1 aliphatic rings. The predicted octanol–water partition coefficient (Wildman–Crippen LogP) is 3.76. The van der Waals surface area contributed by atoms with Crippen LogP contribution in [0.3, 0.4) is 0 Å². The van der Waals surface area contributed by atoms with Gasteiger partial charge in [-0.15, -0.1) is 0 Å². The molecule has 136 valence electrons. The third-order valence-electron chi connectivity index (χ3n) is 3.91. The van der Waals surface area contributed by atoms with E-state index in [1.807, 2.05) is 0 Å². The number of methoxy groups -OCH3 is 1. The highest BCUT2D eigenvalue weighted by atomic mass is 35.5. The smallest absolute Gasteiger partial charge is 0.414 e. The minimum atomic E-state index is -0.466. The van der Waals surface area contributed by atoms with E-state index in [1.54, 1.807) is 43.5 Å². The highest BCUT2D eigenvalue weighted by Gasteiger charge is 2.32. The van der Waals surface area contributed by atoms with Crippen LogP contribution in [0.1, 0.15) is 10.4 Å². The van der Waals surface area contributed by atoms with Crippen molar-refractivity contribution >= 4 is 40.9 Å².